The summed E-state index contributed by atoms with van der Waals surface area (Å²) >= 11 is 11.9. The number of fused-ring (bicyclic) bond motifs is 3. The highest BCUT2D eigenvalue weighted by Crippen LogP contribution is 2.26. The Labute approximate surface area is 190 Å². The molecule has 1 aliphatic rings. The van der Waals surface area contributed by atoms with Crippen LogP contribution in [0.5, 0.6) is 0 Å². The molecule has 9 heteroatoms. The van der Waals surface area contributed by atoms with Crippen LogP contribution in [-0.4, -0.2) is 44.8 Å². The summed E-state index contributed by atoms with van der Waals surface area (Å²) in [6, 6.07) is 6.57. The summed E-state index contributed by atoms with van der Waals surface area (Å²) in [5, 5.41) is 3.49. The second kappa shape index (κ2) is 8.85. The van der Waals surface area contributed by atoms with Crippen molar-refractivity contribution in [1.29, 1.82) is 0 Å². The standard InChI is InChI=1S/C22H23Cl2N5O2/c1-13-10-15(20-21(25-13)29-9-5-3-4-6-18(29)27-20)22(31)28(2)12-19(30)26-14-7-8-16(23)17(24)11-14/h7-8,10-11H,3-6,9,12H2,1-2H3,(H,26,30). The zero-order valence-electron chi connectivity index (χ0n) is 17.4. The van der Waals surface area contributed by atoms with Gasteiger partial charge in [0.2, 0.25) is 5.91 Å². The number of pyridine rings is 1. The van der Waals surface area contributed by atoms with Crippen LogP contribution < -0.4 is 5.32 Å². The molecule has 1 aromatic carbocycles. The lowest BCUT2D eigenvalue weighted by atomic mass is 10.1. The highest BCUT2D eigenvalue weighted by Gasteiger charge is 2.23. The summed E-state index contributed by atoms with van der Waals surface area (Å²) in [6.07, 6.45) is 4.20. The Kier molecular flexibility index (Phi) is 6.16. The number of rotatable bonds is 4. The number of imidazole rings is 1. The fourth-order valence-corrected chi connectivity index (χ4v) is 4.14. The minimum absolute atomic E-state index is 0.116. The number of hydrogen-bond acceptors (Lipinski definition) is 4. The lowest BCUT2D eigenvalue weighted by Crippen LogP contribution is -2.35. The number of hydrogen-bond donors (Lipinski definition) is 1. The van der Waals surface area contributed by atoms with Gasteiger partial charge >= 0.3 is 0 Å². The molecule has 0 saturated carbocycles. The van der Waals surface area contributed by atoms with Crippen molar-refractivity contribution in [1.82, 2.24) is 19.4 Å². The molecular weight excluding hydrogens is 437 g/mol. The third kappa shape index (κ3) is 4.52. The Balaban J connectivity index is 1.55. The number of nitrogens with one attached hydrogen (secondary N) is 1. The normalized spacial score (nSPS) is 13.5. The zero-order valence-corrected chi connectivity index (χ0v) is 18.9. The quantitative estimate of drug-likeness (QED) is 0.623. The average Bonchev–Trinajstić information content (AvgIpc) is 2.90. The average molecular weight is 460 g/mol. The first kappa shape index (κ1) is 21.6. The third-order valence-electron chi connectivity index (χ3n) is 5.35. The number of aromatic nitrogens is 3. The Hall–Kier alpha value is -2.64. The Morgan fingerprint density at radius 2 is 1.94 bits per heavy atom. The molecule has 31 heavy (non-hydrogen) atoms. The SMILES string of the molecule is Cc1cc(C(=O)N(C)CC(=O)Nc2ccc(Cl)c(Cl)c2)c2nc3n(c2n1)CCCCC3. The van der Waals surface area contributed by atoms with Gasteiger partial charge < -0.3 is 14.8 Å². The van der Waals surface area contributed by atoms with E-state index in [-0.39, 0.29) is 18.4 Å². The molecule has 3 heterocycles. The molecule has 0 unspecified atom stereocenters. The molecule has 2 aromatic heterocycles. The van der Waals surface area contributed by atoms with Crippen LogP contribution in [0.15, 0.2) is 24.3 Å². The first-order chi connectivity index (χ1) is 14.8. The Morgan fingerprint density at radius 3 is 2.71 bits per heavy atom. The minimum atomic E-state index is -0.336. The van der Waals surface area contributed by atoms with Gasteiger partial charge in [-0.1, -0.05) is 29.6 Å². The summed E-state index contributed by atoms with van der Waals surface area (Å²) in [5.74, 6) is 0.365. The van der Waals surface area contributed by atoms with Gasteiger partial charge in [-0.15, -0.1) is 0 Å². The summed E-state index contributed by atoms with van der Waals surface area (Å²) in [4.78, 5) is 36.5. The van der Waals surface area contributed by atoms with Crippen molar-refractivity contribution in [3.05, 3.63) is 51.4 Å². The maximum absolute atomic E-state index is 13.2. The van der Waals surface area contributed by atoms with Crippen LogP contribution in [0.2, 0.25) is 10.0 Å². The molecule has 0 aliphatic carbocycles. The molecule has 2 amide bonds. The van der Waals surface area contributed by atoms with Gasteiger partial charge in [-0.25, -0.2) is 9.97 Å². The van der Waals surface area contributed by atoms with Gasteiger partial charge in [0.15, 0.2) is 5.65 Å². The van der Waals surface area contributed by atoms with E-state index >= 15 is 0 Å². The van der Waals surface area contributed by atoms with Gasteiger partial charge in [-0.3, -0.25) is 9.59 Å². The smallest absolute Gasteiger partial charge is 0.256 e. The molecule has 3 aromatic rings. The van der Waals surface area contributed by atoms with E-state index in [2.05, 4.69) is 14.9 Å². The fraction of sp³-hybridized carbons (Fsp3) is 0.364. The van der Waals surface area contributed by atoms with Gasteiger partial charge in [0, 0.05) is 31.4 Å². The maximum Gasteiger partial charge on any atom is 0.256 e. The molecule has 7 nitrogen and oxygen atoms in total. The van der Waals surface area contributed by atoms with E-state index in [1.54, 1.807) is 31.3 Å². The molecule has 0 spiro atoms. The van der Waals surface area contributed by atoms with Gasteiger partial charge in [-0.2, -0.15) is 0 Å². The van der Waals surface area contributed by atoms with Crippen molar-refractivity contribution in [3.63, 3.8) is 0 Å². The van der Waals surface area contributed by atoms with E-state index in [1.165, 1.54) is 11.3 Å². The number of amides is 2. The number of anilines is 1. The van der Waals surface area contributed by atoms with E-state index in [4.69, 9.17) is 28.2 Å². The second-order valence-corrected chi connectivity index (χ2v) is 8.63. The van der Waals surface area contributed by atoms with Crippen molar-refractivity contribution in [3.8, 4) is 0 Å². The lowest BCUT2D eigenvalue weighted by Gasteiger charge is -2.17. The predicted octanol–water partition coefficient (Wildman–Crippen LogP) is 4.48. The topological polar surface area (TPSA) is 80.1 Å². The van der Waals surface area contributed by atoms with Crippen molar-refractivity contribution in [2.24, 2.45) is 0 Å². The van der Waals surface area contributed by atoms with Crippen LogP contribution >= 0.6 is 23.2 Å². The molecule has 1 aliphatic heterocycles. The third-order valence-corrected chi connectivity index (χ3v) is 6.09. The summed E-state index contributed by atoms with van der Waals surface area (Å²) in [7, 11) is 1.60. The fourth-order valence-electron chi connectivity index (χ4n) is 3.85. The maximum atomic E-state index is 13.2. The van der Waals surface area contributed by atoms with Crippen molar-refractivity contribution in [2.75, 3.05) is 18.9 Å². The van der Waals surface area contributed by atoms with Crippen molar-refractivity contribution >= 4 is 51.9 Å². The number of halogens is 2. The van der Waals surface area contributed by atoms with Crippen LogP contribution in [0.3, 0.4) is 0 Å². The van der Waals surface area contributed by atoms with Crippen LogP contribution in [-0.2, 0) is 17.8 Å². The van der Waals surface area contributed by atoms with Crippen LogP contribution in [0.1, 0.15) is 41.1 Å². The highest BCUT2D eigenvalue weighted by molar-refractivity contribution is 6.42. The molecule has 162 valence electrons. The Morgan fingerprint density at radius 1 is 1.13 bits per heavy atom. The monoisotopic (exact) mass is 459 g/mol. The Bertz CT molecular complexity index is 1170. The van der Waals surface area contributed by atoms with E-state index in [1.807, 2.05) is 6.92 Å². The molecule has 0 atom stereocenters. The number of carbonyl (C=O) groups is 2. The minimum Gasteiger partial charge on any atom is -0.332 e. The molecule has 1 N–H and O–H groups in total. The molecule has 4 rings (SSSR count). The molecule has 0 saturated heterocycles. The molecule has 0 radical (unpaired) electrons. The van der Waals surface area contributed by atoms with Gasteiger partial charge in [-0.05, 0) is 44.0 Å². The molecular formula is C22H23Cl2N5O2. The van der Waals surface area contributed by atoms with Crippen molar-refractivity contribution < 1.29 is 9.59 Å². The number of carbonyl (C=O) groups excluding carboxylic acids is 2. The van der Waals surface area contributed by atoms with Crippen LogP contribution in [0.4, 0.5) is 5.69 Å². The van der Waals surface area contributed by atoms with Crippen LogP contribution in [0.25, 0.3) is 11.2 Å². The second-order valence-electron chi connectivity index (χ2n) is 7.81. The summed E-state index contributed by atoms with van der Waals surface area (Å²) < 4.78 is 2.13. The zero-order chi connectivity index (χ0) is 22.1. The molecule has 0 fully saturated rings. The van der Waals surface area contributed by atoms with Crippen LogP contribution in [0, 0.1) is 6.92 Å². The summed E-state index contributed by atoms with van der Waals surface area (Å²) in [6.45, 7) is 2.61. The number of aryl methyl sites for hydroxylation is 3. The number of benzene rings is 1. The largest absolute Gasteiger partial charge is 0.332 e. The number of nitrogens with zero attached hydrogens (tertiary/aromatic N) is 4. The highest BCUT2D eigenvalue weighted by atomic mass is 35.5. The van der Waals surface area contributed by atoms with E-state index < -0.39 is 0 Å². The molecule has 0 bridgehead atoms. The lowest BCUT2D eigenvalue weighted by molar-refractivity contribution is -0.116. The van der Waals surface area contributed by atoms with Crippen molar-refractivity contribution in [2.45, 2.75) is 39.2 Å². The first-order valence-electron chi connectivity index (χ1n) is 10.2. The van der Waals surface area contributed by atoms with E-state index in [9.17, 15) is 9.59 Å². The first-order valence-corrected chi connectivity index (χ1v) is 11.0. The van der Waals surface area contributed by atoms with E-state index in [0.29, 0.717) is 26.8 Å². The predicted molar refractivity (Wildman–Crippen MR) is 122 cm³/mol. The summed E-state index contributed by atoms with van der Waals surface area (Å²) in [5.41, 5.74) is 3.07. The number of likely N-dealkylation sites (N-methyl/N-ethyl adjacent to an activating group) is 1. The van der Waals surface area contributed by atoms with E-state index in [0.717, 1.165) is 43.0 Å². The van der Waals surface area contributed by atoms with Gasteiger partial charge in [0.25, 0.3) is 5.91 Å². The van der Waals surface area contributed by atoms with Gasteiger partial charge in [0.1, 0.15) is 11.3 Å². The van der Waals surface area contributed by atoms with Gasteiger partial charge in [0.05, 0.1) is 22.2 Å².